The summed E-state index contributed by atoms with van der Waals surface area (Å²) in [6.45, 7) is 13.3. The van der Waals surface area contributed by atoms with Crippen LogP contribution in [0, 0.1) is 23.7 Å². The van der Waals surface area contributed by atoms with Crippen molar-refractivity contribution in [2.24, 2.45) is 29.4 Å². The van der Waals surface area contributed by atoms with Crippen LogP contribution in [0.4, 0.5) is 0 Å². The molecule has 0 radical (unpaired) electrons. The van der Waals surface area contributed by atoms with Gasteiger partial charge in [-0.1, -0.05) is 72.6 Å². The molecule has 3 aliphatic rings. The number of piperazine rings is 1. The third-order valence-corrected chi connectivity index (χ3v) is 11.2. The molecule has 7 atom stereocenters. The first kappa shape index (κ1) is 42.6. The number of likely N-dealkylation sites (N-methyl/N-ethyl adjacent to an activating group) is 1. The molecule has 5 amide bonds. The molecule has 2 heterocycles. The molecule has 0 spiro atoms. The van der Waals surface area contributed by atoms with Crippen molar-refractivity contribution in [2.75, 3.05) is 46.3 Å². The van der Waals surface area contributed by atoms with Gasteiger partial charge in [0.1, 0.15) is 24.2 Å². The summed E-state index contributed by atoms with van der Waals surface area (Å²) >= 11 is 0. The van der Waals surface area contributed by atoms with Crippen LogP contribution in [0.15, 0.2) is 0 Å². The minimum absolute atomic E-state index is 0.0302. The lowest BCUT2D eigenvalue weighted by molar-refractivity contribution is -0.145. The van der Waals surface area contributed by atoms with Gasteiger partial charge in [0.05, 0.1) is 0 Å². The normalized spacial score (nSPS) is 30.6. The van der Waals surface area contributed by atoms with Crippen LogP contribution in [-0.2, 0) is 24.0 Å². The highest BCUT2D eigenvalue weighted by molar-refractivity contribution is 5.96. The smallest absolute Gasteiger partial charge is 0.244 e. The van der Waals surface area contributed by atoms with Gasteiger partial charge in [-0.3, -0.25) is 28.9 Å². The largest absolute Gasteiger partial charge is 0.352 e. The molecule has 0 unspecified atom stereocenters. The Morgan fingerprint density at radius 3 is 2.08 bits per heavy atom. The van der Waals surface area contributed by atoms with E-state index < -0.39 is 41.9 Å². The molecule has 1 aliphatic carbocycles. The average Bonchev–Trinajstić information content (AvgIpc) is 3.11. The second kappa shape index (κ2) is 21.7. The molecule has 0 aromatic rings. The minimum Gasteiger partial charge on any atom is -0.352 e. The predicted molar refractivity (Wildman–Crippen MR) is 200 cm³/mol. The SMILES string of the molecule is CCCCCC[C@H]1C[C@@H](C)NC(=O)[C@@H](CN2CCNCC2)NC(=O)[C@H](CN)NC(=O)[C@H](C2CCCCC2)NC(=O)[C@H](CC(C)C)N(C)C(=O)[C@@H]1C. The van der Waals surface area contributed by atoms with Crippen molar-refractivity contribution in [3.8, 4) is 0 Å². The molecule has 2 saturated heterocycles. The second-order valence-electron chi connectivity index (χ2n) is 15.9. The first-order valence-corrected chi connectivity index (χ1v) is 20.0. The Balaban J connectivity index is 2.02. The van der Waals surface area contributed by atoms with Crippen molar-refractivity contribution in [3.63, 3.8) is 0 Å². The number of rotatable bonds is 11. The lowest BCUT2D eigenvalue weighted by Gasteiger charge is -2.37. The first-order chi connectivity index (χ1) is 24.4. The van der Waals surface area contributed by atoms with E-state index in [9.17, 15) is 24.0 Å². The van der Waals surface area contributed by atoms with E-state index in [4.69, 9.17) is 5.73 Å². The Morgan fingerprint density at radius 2 is 1.45 bits per heavy atom. The summed E-state index contributed by atoms with van der Waals surface area (Å²) in [6, 6.07) is -3.90. The minimum atomic E-state index is -1.10. The summed E-state index contributed by atoms with van der Waals surface area (Å²) in [4.78, 5) is 74.0. The fourth-order valence-electron chi connectivity index (χ4n) is 8.05. The van der Waals surface area contributed by atoms with Gasteiger partial charge in [-0.05, 0) is 56.8 Å². The Bertz CT molecular complexity index is 1130. The maximum absolute atomic E-state index is 14.3. The van der Waals surface area contributed by atoms with Gasteiger partial charge in [-0.15, -0.1) is 0 Å². The third-order valence-electron chi connectivity index (χ3n) is 11.2. The van der Waals surface area contributed by atoms with Crippen LogP contribution >= 0.6 is 0 Å². The van der Waals surface area contributed by atoms with Crippen LogP contribution in [0.5, 0.6) is 0 Å². The fourth-order valence-corrected chi connectivity index (χ4v) is 8.05. The molecule has 7 N–H and O–H groups in total. The number of amides is 5. The van der Waals surface area contributed by atoms with Crippen molar-refractivity contribution in [1.82, 2.24) is 36.4 Å². The standard InChI is InChI=1S/C38H70N8O5/c1-7-8-9-11-16-29-22-26(4)41-35(48)31(24-46-19-17-40-18-20-46)43-34(47)30(23-39)42-37(50)33(28-14-12-10-13-15-28)44-36(49)32(21-25(2)3)45(6)38(51)27(29)5/h25-33,40H,7-24,39H2,1-6H3,(H,41,48)(H,42,50)(H,43,47)(H,44,49)/t26-,27-,29+,30+,31-,32+,33+/m1/s1. The van der Waals surface area contributed by atoms with Crippen LogP contribution in [-0.4, -0.2) is 116 Å². The molecule has 13 nitrogen and oxygen atoms in total. The van der Waals surface area contributed by atoms with Gasteiger partial charge in [0.15, 0.2) is 0 Å². The average molecular weight is 719 g/mol. The van der Waals surface area contributed by atoms with Gasteiger partial charge < -0.3 is 37.2 Å². The monoisotopic (exact) mass is 719 g/mol. The summed E-state index contributed by atoms with van der Waals surface area (Å²) in [5.74, 6) is -2.20. The van der Waals surface area contributed by atoms with Crippen molar-refractivity contribution in [3.05, 3.63) is 0 Å². The Labute approximate surface area is 307 Å². The highest BCUT2D eigenvalue weighted by atomic mass is 16.2. The topological polar surface area (TPSA) is 178 Å². The van der Waals surface area contributed by atoms with Gasteiger partial charge in [0.25, 0.3) is 0 Å². The van der Waals surface area contributed by atoms with Crippen molar-refractivity contribution >= 4 is 29.5 Å². The summed E-state index contributed by atoms with van der Waals surface area (Å²) in [7, 11) is 1.70. The molecule has 0 bridgehead atoms. The number of hydrogen-bond acceptors (Lipinski definition) is 8. The highest BCUT2D eigenvalue weighted by Gasteiger charge is 2.39. The molecule has 1 saturated carbocycles. The lowest BCUT2D eigenvalue weighted by Crippen LogP contribution is -2.63. The van der Waals surface area contributed by atoms with E-state index in [2.05, 4.69) is 38.4 Å². The number of unbranched alkanes of at least 4 members (excludes halogenated alkanes) is 3. The highest BCUT2D eigenvalue weighted by Crippen LogP contribution is 2.29. The zero-order chi connectivity index (χ0) is 37.5. The quantitative estimate of drug-likeness (QED) is 0.176. The maximum Gasteiger partial charge on any atom is 0.244 e. The molecule has 292 valence electrons. The maximum atomic E-state index is 14.3. The predicted octanol–water partition coefficient (Wildman–Crippen LogP) is 1.89. The number of nitrogens with one attached hydrogen (secondary N) is 5. The Kier molecular flexibility index (Phi) is 18.1. The van der Waals surface area contributed by atoms with Gasteiger partial charge in [-0.25, -0.2) is 0 Å². The van der Waals surface area contributed by atoms with Gasteiger partial charge >= 0.3 is 0 Å². The molecule has 3 rings (SSSR count). The van der Waals surface area contributed by atoms with Crippen LogP contribution < -0.4 is 32.3 Å². The molecule has 13 heteroatoms. The molecule has 51 heavy (non-hydrogen) atoms. The van der Waals surface area contributed by atoms with Gasteiger partial charge in [-0.2, -0.15) is 0 Å². The summed E-state index contributed by atoms with van der Waals surface area (Å²) in [6.07, 6.45) is 10.6. The van der Waals surface area contributed by atoms with E-state index in [1.807, 2.05) is 27.7 Å². The first-order valence-electron chi connectivity index (χ1n) is 20.0. The molecule has 2 aliphatic heterocycles. The number of nitrogens with zero attached hydrogens (tertiary/aromatic N) is 2. The van der Waals surface area contributed by atoms with E-state index >= 15 is 0 Å². The molecule has 3 fully saturated rings. The number of carbonyl (C=O) groups is 5. The van der Waals surface area contributed by atoms with E-state index in [0.717, 1.165) is 90.4 Å². The molecule has 0 aromatic carbocycles. The van der Waals surface area contributed by atoms with E-state index in [-0.39, 0.29) is 48.1 Å². The van der Waals surface area contributed by atoms with Crippen LogP contribution in [0.2, 0.25) is 0 Å². The van der Waals surface area contributed by atoms with Crippen LogP contribution in [0.3, 0.4) is 0 Å². The summed E-state index contributed by atoms with van der Waals surface area (Å²) < 4.78 is 0. The third kappa shape index (κ3) is 13.3. The van der Waals surface area contributed by atoms with E-state index in [1.165, 1.54) is 0 Å². The van der Waals surface area contributed by atoms with Crippen molar-refractivity contribution in [1.29, 1.82) is 0 Å². The zero-order valence-electron chi connectivity index (χ0n) is 32.4. The molecular weight excluding hydrogens is 648 g/mol. The number of carbonyl (C=O) groups excluding carboxylic acids is 5. The molecule has 0 aromatic heterocycles. The van der Waals surface area contributed by atoms with Crippen LogP contribution in [0.25, 0.3) is 0 Å². The lowest BCUT2D eigenvalue weighted by atomic mass is 9.82. The fraction of sp³-hybridized carbons (Fsp3) is 0.868. The van der Waals surface area contributed by atoms with Crippen molar-refractivity contribution in [2.45, 2.75) is 142 Å². The van der Waals surface area contributed by atoms with Gasteiger partial charge in [0, 0.05) is 58.3 Å². The Hall–Kier alpha value is -2.77. The van der Waals surface area contributed by atoms with Crippen LogP contribution in [0.1, 0.15) is 112 Å². The number of hydrogen-bond donors (Lipinski definition) is 6. The molecular formula is C38H70N8O5. The second-order valence-corrected chi connectivity index (χ2v) is 15.9. The number of nitrogens with two attached hydrogens (primary N) is 1. The zero-order valence-corrected chi connectivity index (χ0v) is 32.4. The van der Waals surface area contributed by atoms with E-state index in [1.54, 1.807) is 11.9 Å². The summed E-state index contributed by atoms with van der Waals surface area (Å²) in [5, 5.41) is 15.3. The summed E-state index contributed by atoms with van der Waals surface area (Å²) in [5.41, 5.74) is 6.08. The van der Waals surface area contributed by atoms with E-state index in [0.29, 0.717) is 19.4 Å². The Morgan fingerprint density at radius 1 is 0.804 bits per heavy atom. The van der Waals surface area contributed by atoms with Crippen molar-refractivity contribution < 1.29 is 24.0 Å². The van der Waals surface area contributed by atoms with Gasteiger partial charge in [0.2, 0.25) is 29.5 Å².